The first-order chi connectivity index (χ1) is 9.86. The molecular weight excluding hydrogens is 357 g/mol. The van der Waals surface area contributed by atoms with E-state index in [2.05, 4.69) is 26.6 Å². The SMILES string of the molecule is CCC(C)NC(=O)CCNc1ccc(C(N)=S)c(Br)c1F. The normalized spacial score (nSPS) is 11.8. The predicted molar refractivity (Wildman–Crippen MR) is 91.0 cm³/mol. The van der Waals surface area contributed by atoms with Crippen molar-refractivity contribution in [2.24, 2.45) is 5.73 Å². The van der Waals surface area contributed by atoms with E-state index in [4.69, 9.17) is 18.0 Å². The second kappa shape index (κ2) is 8.29. The molecule has 0 aromatic heterocycles. The number of rotatable bonds is 7. The number of nitrogens with two attached hydrogens (primary N) is 1. The second-order valence-corrected chi connectivity index (χ2v) is 5.94. The maximum absolute atomic E-state index is 14.1. The van der Waals surface area contributed by atoms with Crippen LogP contribution < -0.4 is 16.4 Å². The van der Waals surface area contributed by atoms with Gasteiger partial charge < -0.3 is 16.4 Å². The molecule has 0 bridgehead atoms. The molecule has 0 fully saturated rings. The van der Waals surface area contributed by atoms with Gasteiger partial charge in [0.05, 0.1) is 10.2 Å². The van der Waals surface area contributed by atoms with Gasteiger partial charge in [-0.05, 0) is 41.4 Å². The molecule has 7 heteroatoms. The number of benzene rings is 1. The molecule has 1 rings (SSSR count). The van der Waals surface area contributed by atoms with Gasteiger partial charge in [-0.3, -0.25) is 4.79 Å². The molecule has 1 aromatic carbocycles. The van der Waals surface area contributed by atoms with Crippen LogP contribution in [0, 0.1) is 5.82 Å². The van der Waals surface area contributed by atoms with E-state index in [0.717, 1.165) is 6.42 Å². The van der Waals surface area contributed by atoms with E-state index in [1.807, 2.05) is 13.8 Å². The fourth-order valence-electron chi connectivity index (χ4n) is 1.64. The highest BCUT2D eigenvalue weighted by molar-refractivity contribution is 9.10. The summed E-state index contributed by atoms with van der Waals surface area (Å²) < 4.78 is 14.3. The van der Waals surface area contributed by atoms with Crippen molar-refractivity contribution < 1.29 is 9.18 Å². The number of hydrogen-bond acceptors (Lipinski definition) is 3. The molecule has 0 radical (unpaired) electrons. The first-order valence-corrected chi connectivity index (χ1v) is 7.88. The van der Waals surface area contributed by atoms with Gasteiger partial charge in [0.15, 0.2) is 5.82 Å². The van der Waals surface area contributed by atoms with Crippen LogP contribution in [0.1, 0.15) is 32.3 Å². The minimum Gasteiger partial charge on any atom is -0.389 e. The van der Waals surface area contributed by atoms with Crippen LogP contribution in [0.15, 0.2) is 16.6 Å². The summed E-state index contributed by atoms with van der Waals surface area (Å²) in [6, 6.07) is 3.34. The van der Waals surface area contributed by atoms with Gasteiger partial charge in [0.2, 0.25) is 5.91 Å². The molecule has 4 N–H and O–H groups in total. The molecule has 0 aliphatic rings. The molecule has 1 atom stereocenters. The van der Waals surface area contributed by atoms with Crippen LogP contribution >= 0.6 is 28.1 Å². The number of hydrogen-bond donors (Lipinski definition) is 3. The zero-order chi connectivity index (χ0) is 16.0. The summed E-state index contributed by atoms with van der Waals surface area (Å²) in [7, 11) is 0. The third-order valence-electron chi connectivity index (χ3n) is 3.04. The predicted octanol–water partition coefficient (Wildman–Crippen LogP) is 2.94. The van der Waals surface area contributed by atoms with Crippen LogP contribution in [-0.4, -0.2) is 23.5 Å². The lowest BCUT2D eigenvalue weighted by Gasteiger charge is -2.13. The Balaban J connectivity index is 2.59. The highest BCUT2D eigenvalue weighted by Gasteiger charge is 2.13. The highest BCUT2D eigenvalue weighted by Crippen LogP contribution is 2.27. The second-order valence-electron chi connectivity index (χ2n) is 4.71. The molecule has 0 heterocycles. The Morgan fingerprint density at radius 3 is 2.76 bits per heavy atom. The zero-order valence-electron chi connectivity index (χ0n) is 12.0. The molecule has 0 saturated heterocycles. The molecule has 1 unspecified atom stereocenters. The molecule has 21 heavy (non-hydrogen) atoms. The van der Waals surface area contributed by atoms with Crippen LogP contribution in [0.25, 0.3) is 0 Å². The number of halogens is 2. The van der Waals surface area contributed by atoms with Crippen LogP contribution in [0.3, 0.4) is 0 Å². The Morgan fingerprint density at radius 1 is 1.52 bits per heavy atom. The number of anilines is 1. The molecule has 1 aromatic rings. The third kappa shape index (κ3) is 5.24. The minimum atomic E-state index is -0.470. The Morgan fingerprint density at radius 2 is 2.19 bits per heavy atom. The average Bonchev–Trinajstić information content (AvgIpc) is 2.42. The Labute approximate surface area is 137 Å². The summed E-state index contributed by atoms with van der Waals surface area (Å²) in [5.41, 5.74) is 6.25. The summed E-state index contributed by atoms with van der Waals surface area (Å²) in [5.74, 6) is -0.529. The molecular formula is C14H19BrFN3OS. The Bertz CT molecular complexity index is 539. The lowest BCUT2D eigenvalue weighted by Crippen LogP contribution is -2.33. The molecule has 1 amide bonds. The fourth-order valence-corrected chi connectivity index (χ4v) is 2.50. The standard InChI is InChI=1S/C14H19BrFN3OS/c1-3-8(2)19-11(20)6-7-18-10-5-4-9(14(17)21)12(15)13(10)16/h4-5,8,18H,3,6-7H2,1-2H3,(H2,17,21)(H,19,20). The van der Waals surface area contributed by atoms with Crippen molar-refractivity contribution in [1.29, 1.82) is 0 Å². The Hall–Kier alpha value is -1.21. The van der Waals surface area contributed by atoms with Crippen LogP contribution in [0.5, 0.6) is 0 Å². The van der Waals surface area contributed by atoms with E-state index in [1.54, 1.807) is 12.1 Å². The lowest BCUT2D eigenvalue weighted by atomic mass is 10.2. The van der Waals surface area contributed by atoms with Crippen molar-refractivity contribution in [3.05, 3.63) is 28.0 Å². The van der Waals surface area contributed by atoms with Gasteiger partial charge in [-0.1, -0.05) is 19.1 Å². The van der Waals surface area contributed by atoms with Crippen LogP contribution in [0.2, 0.25) is 0 Å². The lowest BCUT2D eigenvalue weighted by molar-refractivity contribution is -0.121. The zero-order valence-corrected chi connectivity index (χ0v) is 14.4. The Kier molecular flexibility index (Phi) is 7.04. The largest absolute Gasteiger partial charge is 0.389 e. The summed E-state index contributed by atoms with van der Waals surface area (Å²) in [6.07, 6.45) is 1.15. The van der Waals surface area contributed by atoms with Crippen molar-refractivity contribution in [3.63, 3.8) is 0 Å². The minimum absolute atomic E-state index is 0.0592. The van der Waals surface area contributed by atoms with Crippen LogP contribution in [-0.2, 0) is 4.79 Å². The molecule has 0 aliphatic carbocycles. The first kappa shape index (κ1) is 17.8. The number of thiocarbonyl (C=S) groups is 1. The monoisotopic (exact) mass is 375 g/mol. The van der Waals surface area contributed by atoms with Crippen molar-refractivity contribution in [2.75, 3.05) is 11.9 Å². The quantitative estimate of drug-likeness (QED) is 0.641. The third-order valence-corrected chi connectivity index (χ3v) is 4.03. The maximum Gasteiger partial charge on any atom is 0.221 e. The van der Waals surface area contributed by atoms with Crippen molar-refractivity contribution in [3.8, 4) is 0 Å². The smallest absolute Gasteiger partial charge is 0.221 e. The molecule has 0 aliphatic heterocycles. The van der Waals surface area contributed by atoms with E-state index >= 15 is 0 Å². The molecule has 4 nitrogen and oxygen atoms in total. The molecule has 0 spiro atoms. The number of nitrogens with one attached hydrogen (secondary N) is 2. The highest BCUT2D eigenvalue weighted by atomic mass is 79.9. The number of carbonyl (C=O) groups excluding carboxylic acids is 1. The number of carbonyl (C=O) groups is 1. The van der Waals surface area contributed by atoms with E-state index in [-0.39, 0.29) is 27.8 Å². The van der Waals surface area contributed by atoms with Gasteiger partial charge in [0, 0.05) is 24.6 Å². The van der Waals surface area contributed by atoms with Gasteiger partial charge >= 0.3 is 0 Å². The van der Waals surface area contributed by atoms with Gasteiger partial charge in [-0.2, -0.15) is 0 Å². The summed E-state index contributed by atoms with van der Waals surface area (Å²) in [6.45, 7) is 4.29. The number of amides is 1. The summed E-state index contributed by atoms with van der Waals surface area (Å²) >= 11 is 7.97. The van der Waals surface area contributed by atoms with Crippen molar-refractivity contribution in [2.45, 2.75) is 32.7 Å². The van der Waals surface area contributed by atoms with Crippen LogP contribution in [0.4, 0.5) is 10.1 Å². The maximum atomic E-state index is 14.1. The summed E-state index contributed by atoms with van der Waals surface area (Å²) in [5, 5.41) is 5.74. The fraction of sp³-hybridized carbons (Fsp3) is 0.429. The van der Waals surface area contributed by atoms with Gasteiger partial charge in [0.1, 0.15) is 4.99 Å². The van der Waals surface area contributed by atoms with Crippen molar-refractivity contribution in [1.82, 2.24) is 5.32 Å². The van der Waals surface area contributed by atoms with E-state index in [0.29, 0.717) is 17.8 Å². The first-order valence-electron chi connectivity index (χ1n) is 6.67. The summed E-state index contributed by atoms with van der Waals surface area (Å²) in [4.78, 5) is 11.7. The van der Waals surface area contributed by atoms with Gasteiger partial charge in [-0.25, -0.2) is 4.39 Å². The van der Waals surface area contributed by atoms with E-state index in [9.17, 15) is 9.18 Å². The van der Waals surface area contributed by atoms with E-state index < -0.39 is 5.82 Å². The topological polar surface area (TPSA) is 67.2 Å². The van der Waals surface area contributed by atoms with E-state index in [1.165, 1.54) is 0 Å². The average molecular weight is 376 g/mol. The van der Waals surface area contributed by atoms with Gasteiger partial charge in [0.25, 0.3) is 0 Å². The van der Waals surface area contributed by atoms with Crippen molar-refractivity contribution >= 4 is 44.7 Å². The molecule has 0 saturated carbocycles. The molecule has 116 valence electrons. The van der Waals surface area contributed by atoms with Gasteiger partial charge in [-0.15, -0.1) is 0 Å².